The van der Waals surface area contributed by atoms with E-state index >= 15 is 0 Å². The Morgan fingerprint density at radius 3 is 1.57 bits per heavy atom. The molecule has 0 aliphatic carbocycles. The molecule has 0 unspecified atom stereocenters. The average molecular weight is 260 g/mol. The molecule has 6 heteroatoms. The zero-order chi connectivity index (χ0) is 9.97. The number of thioether (sulfide) groups is 4. The van der Waals surface area contributed by atoms with E-state index in [1.54, 1.807) is 23.5 Å². The highest BCUT2D eigenvalue weighted by Gasteiger charge is 2.21. The maximum absolute atomic E-state index is 10.5. The first-order valence-corrected chi connectivity index (χ1v) is 6.96. The smallest absolute Gasteiger partial charge is 0.157 e. The minimum Gasteiger partial charge on any atom is -0.297 e. The van der Waals surface area contributed by atoms with Gasteiger partial charge in [0.15, 0.2) is 12.6 Å². The number of aldehydes is 2. The molecule has 0 saturated heterocycles. The van der Waals surface area contributed by atoms with Gasteiger partial charge in [-0.1, -0.05) is 47.0 Å². The van der Waals surface area contributed by atoms with Gasteiger partial charge in [-0.15, -0.1) is 0 Å². The summed E-state index contributed by atoms with van der Waals surface area (Å²) in [5, 5.41) is 3.67. The van der Waals surface area contributed by atoms with Crippen LogP contribution in [0, 0.1) is 0 Å². The fraction of sp³-hybridized carbons (Fsp3) is 0. The van der Waals surface area contributed by atoms with Gasteiger partial charge in [0, 0.05) is 0 Å². The molecular formula is C8H4O2S4. The predicted octanol–water partition coefficient (Wildman–Crippen LogP) is 3.15. The van der Waals surface area contributed by atoms with Crippen LogP contribution >= 0.6 is 47.0 Å². The van der Waals surface area contributed by atoms with Crippen molar-refractivity contribution in [2.45, 2.75) is 0 Å². The molecule has 2 nitrogen and oxygen atoms in total. The number of allylic oxidation sites excluding steroid dienone is 2. The molecule has 2 aliphatic heterocycles. The maximum Gasteiger partial charge on any atom is 0.157 e. The van der Waals surface area contributed by atoms with Crippen LogP contribution in [-0.4, -0.2) is 12.6 Å². The van der Waals surface area contributed by atoms with Crippen molar-refractivity contribution < 1.29 is 9.59 Å². The Hall–Kier alpha value is -0.0400. The summed E-state index contributed by atoms with van der Waals surface area (Å²) in [4.78, 5) is 22.4. The first-order chi connectivity index (χ1) is 6.83. The van der Waals surface area contributed by atoms with Gasteiger partial charge < -0.3 is 0 Å². The lowest BCUT2D eigenvalue weighted by Gasteiger charge is -1.99. The van der Waals surface area contributed by atoms with Gasteiger partial charge in [-0.2, -0.15) is 0 Å². The molecule has 0 aromatic heterocycles. The molecule has 0 aromatic carbocycles. The number of hydrogen-bond acceptors (Lipinski definition) is 6. The summed E-state index contributed by atoms with van der Waals surface area (Å²) in [5.74, 6) is 0. The Labute approximate surface area is 98.0 Å². The molecule has 0 bridgehead atoms. The van der Waals surface area contributed by atoms with Crippen LogP contribution < -0.4 is 0 Å². The molecule has 2 aliphatic rings. The SMILES string of the molecule is O=CC1=CS/C(=C2\SC=C(C=O)S2)S1. The summed E-state index contributed by atoms with van der Waals surface area (Å²) in [6.07, 6.45) is 1.70. The third-order valence-corrected chi connectivity index (χ3v) is 6.54. The van der Waals surface area contributed by atoms with Crippen molar-refractivity contribution in [2.75, 3.05) is 0 Å². The van der Waals surface area contributed by atoms with Crippen molar-refractivity contribution >= 4 is 59.6 Å². The van der Waals surface area contributed by atoms with Gasteiger partial charge in [-0.25, -0.2) is 0 Å². The summed E-state index contributed by atoms with van der Waals surface area (Å²) in [7, 11) is 0. The monoisotopic (exact) mass is 260 g/mol. The van der Waals surface area contributed by atoms with Crippen molar-refractivity contribution in [1.82, 2.24) is 0 Å². The molecule has 0 saturated carbocycles. The normalized spacial score (nSPS) is 26.0. The summed E-state index contributed by atoms with van der Waals surface area (Å²) in [6, 6.07) is 0. The minimum atomic E-state index is 0.734. The third kappa shape index (κ3) is 2.13. The lowest BCUT2D eigenvalue weighted by molar-refractivity contribution is -0.105. The Morgan fingerprint density at radius 2 is 1.29 bits per heavy atom. The van der Waals surface area contributed by atoms with Crippen LogP contribution in [0.2, 0.25) is 0 Å². The van der Waals surface area contributed by atoms with Crippen LogP contribution in [0.1, 0.15) is 0 Å². The highest BCUT2D eigenvalue weighted by atomic mass is 32.2. The molecule has 0 amide bonds. The summed E-state index contributed by atoms with van der Waals surface area (Å²) < 4.78 is 2.19. The number of carbonyl (C=O) groups is 2. The lowest BCUT2D eigenvalue weighted by atomic mass is 10.7. The first kappa shape index (κ1) is 10.5. The Balaban J connectivity index is 2.08. The molecule has 0 radical (unpaired) electrons. The molecule has 0 N–H and O–H groups in total. The van der Waals surface area contributed by atoms with E-state index in [0.717, 1.165) is 30.9 Å². The Morgan fingerprint density at radius 1 is 0.857 bits per heavy atom. The third-order valence-electron chi connectivity index (χ3n) is 1.38. The van der Waals surface area contributed by atoms with Crippen LogP contribution in [0.3, 0.4) is 0 Å². The van der Waals surface area contributed by atoms with Gasteiger partial charge in [0.1, 0.15) is 0 Å². The van der Waals surface area contributed by atoms with E-state index in [4.69, 9.17) is 0 Å². The zero-order valence-electron chi connectivity index (χ0n) is 6.76. The second-order valence-corrected chi connectivity index (χ2v) is 6.73. The number of hydrogen-bond donors (Lipinski definition) is 0. The van der Waals surface area contributed by atoms with E-state index in [2.05, 4.69) is 0 Å². The quantitative estimate of drug-likeness (QED) is 0.710. The van der Waals surface area contributed by atoms with Crippen LogP contribution in [0.5, 0.6) is 0 Å². The Bertz CT molecular complexity index is 345. The largest absolute Gasteiger partial charge is 0.297 e. The Kier molecular flexibility index (Phi) is 3.48. The van der Waals surface area contributed by atoms with Gasteiger partial charge in [0.2, 0.25) is 0 Å². The summed E-state index contributed by atoms with van der Waals surface area (Å²) in [5.41, 5.74) is 0. The second kappa shape index (κ2) is 4.65. The highest BCUT2D eigenvalue weighted by Crippen LogP contribution is 2.54. The van der Waals surface area contributed by atoms with Crippen molar-refractivity contribution in [3.8, 4) is 0 Å². The average Bonchev–Trinajstić information content (AvgIpc) is 2.86. The summed E-state index contributed by atoms with van der Waals surface area (Å²) in [6.45, 7) is 0. The van der Waals surface area contributed by atoms with Crippen LogP contribution in [0.15, 0.2) is 29.1 Å². The topological polar surface area (TPSA) is 34.1 Å². The lowest BCUT2D eigenvalue weighted by Crippen LogP contribution is -1.72. The molecule has 14 heavy (non-hydrogen) atoms. The molecule has 0 aromatic rings. The van der Waals surface area contributed by atoms with Crippen molar-refractivity contribution in [2.24, 2.45) is 0 Å². The van der Waals surface area contributed by atoms with Crippen molar-refractivity contribution in [3.63, 3.8) is 0 Å². The molecule has 2 rings (SSSR count). The molecule has 2 heterocycles. The maximum atomic E-state index is 10.5. The number of rotatable bonds is 2. The fourth-order valence-corrected chi connectivity index (χ4v) is 5.26. The van der Waals surface area contributed by atoms with Crippen LogP contribution in [0.25, 0.3) is 0 Å². The highest BCUT2D eigenvalue weighted by molar-refractivity contribution is 8.34. The minimum absolute atomic E-state index is 0.734. The first-order valence-electron chi connectivity index (χ1n) is 3.57. The van der Waals surface area contributed by atoms with Gasteiger partial charge >= 0.3 is 0 Å². The van der Waals surface area contributed by atoms with E-state index < -0.39 is 0 Å². The van der Waals surface area contributed by atoms with E-state index in [9.17, 15) is 9.59 Å². The van der Waals surface area contributed by atoms with Crippen molar-refractivity contribution in [3.05, 3.63) is 29.1 Å². The molecule has 0 atom stereocenters. The zero-order valence-corrected chi connectivity index (χ0v) is 10.0. The van der Waals surface area contributed by atoms with Gasteiger partial charge in [0.05, 0.1) is 18.3 Å². The predicted molar refractivity (Wildman–Crippen MR) is 65.7 cm³/mol. The molecule has 72 valence electrons. The molecular weight excluding hydrogens is 256 g/mol. The van der Waals surface area contributed by atoms with E-state index in [1.807, 2.05) is 10.8 Å². The van der Waals surface area contributed by atoms with Crippen LogP contribution in [-0.2, 0) is 9.59 Å². The van der Waals surface area contributed by atoms with Crippen molar-refractivity contribution in [1.29, 1.82) is 0 Å². The van der Waals surface area contributed by atoms with E-state index in [1.165, 1.54) is 23.5 Å². The fourth-order valence-electron chi connectivity index (χ4n) is 0.817. The molecule has 0 spiro atoms. The van der Waals surface area contributed by atoms with Crippen LogP contribution in [0.4, 0.5) is 0 Å². The summed E-state index contributed by atoms with van der Waals surface area (Å²) >= 11 is 6.02. The van der Waals surface area contributed by atoms with E-state index in [0.29, 0.717) is 0 Å². The van der Waals surface area contributed by atoms with Gasteiger partial charge in [-0.3, -0.25) is 9.59 Å². The van der Waals surface area contributed by atoms with Gasteiger partial charge in [0.25, 0.3) is 0 Å². The molecule has 0 fully saturated rings. The number of carbonyl (C=O) groups excluding carboxylic acids is 2. The standard InChI is InChI=1S/C8H4O2S4/c9-1-5-3-11-7(13-5)8-12-4-6(2-10)14-8/h1-4H/b8-7-. The second-order valence-electron chi connectivity index (χ2n) is 2.29. The van der Waals surface area contributed by atoms with Gasteiger partial charge in [-0.05, 0) is 10.8 Å². The van der Waals surface area contributed by atoms with E-state index in [-0.39, 0.29) is 0 Å².